The second-order valence-corrected chi connectivity index (χ2v) is 8.16. The topological polar surface area (TPSA) is 77.1 Å². The van der Waals surface area contributed by atoms with Crippen molar-refractivity contribution in [2.75, 3.05) is 31.5 Å². The molecule has 7 nitrogen and oxygen atoms in total. The van der Waals surface area contributed by atoms with E-state index in [-0.39, 0.29) is 24.1 Å². The highest BCUT2D eigenvalue weighted by Crippen LogP contribution is 2.43. The molecule has 1 N–H and O–H groups in total. The third-order valence-corrected chi connectivity index (χ3v) is 6.15. The van der Waals surface area contributed by atoms with Gasteiger partial charge in [-0.25, -0.2) is 4.39 Å². The summed E-state index contributed by atoms with van der Waals surface area (Å²) in [6.45, 7) is 0. The van der Waals surface area contributed by atoms with Gasteiger partial charge < -0.3 is 24.4 Å². The number of carbonyl (C=O) groups excluding carboxylic acids is 2. The van der Waals surface area contributed by atoms with Gasteiger partial charge in [-0.3, -0.25) is 9.59 Å². The van der Waals surface area contributed by atoms with Crippen molar-refractivity contribution in [2.45, 2.75) is 18.9 Å². The molecule has 4 rings (SSSR count). The summed E-state index contributed by atoms with van der Waals surface area (Å²) >= 11 is 0. The summed E-state index contributed by atoms with van der Waals surface area (Å²) in [5.74, 6) is 0.380. The standard InChI is InChI=1S/C27H27FN2O5/c1-33-21-11-9-20(10-12-21)30-25(31)15-13-22(27(32)29-19-7-5-18(28)6-8-19)26(30)17-4-14-23(34-2)24(16-17)35-3/h4-12,14,16,22,26H,13,15H2,1-3H3,(H,29,32)/t22-,26-/m0/s1. The zero-order valence-electron chi connectivity index (χ0n) is 19.8. The van der Waals surface area contributed by atoms with Crippen molar-refractivity contribution < 1.29 is 28.2 Å². The molecular formula is C27H27FN2O5. The van der Waals surface area contributed by atoms with Gasteiger partial charge in [0.25, 0.3) is 0 Å². The molecule has 8 heteroatoms. The zero-order valence-corrected chi connectivity index (χ0v) is 19.8. The van der Waals surface area contributed by atoms with E-state index in [4.69, 9.17) is 14.2 Å². The average molecular weight is 479 g/mol. The van der Waals surface area contributed by atoms with Crippen LogP contribution in [0.15, 0.2) is 66.7 Å². The number of hydrogen-bond donors (Lipinski definition) is 1. The first-order chi connectivity index (χ1) is 16.9. The van der Waals surface area contributed by atoms with Crippen molar-refractivity contribution in [2.24, 2.45) is 5.92 Å². The second-order valence-electron chi connectivity index (χ2n) is 8.16. The van der Waals surface area contributed by atoms with Gasteiger partial charge in [0, 0.05) is 17.8 Å². The monoisotopic (exact) mass is 478 g/mol. The fraction of sp³-hybridized carbons (Fsp3) is 0.259. The van der Waals surface area contributed by atoms with E-state index in [1.54, 1.807) is 55.5 Å². The van der Waals surface area contributed by atoms with Crippen LogP contribution in [0.3, 0.4) is 0 Å². The summed E-state index contributed by atoms with van der Waals surface area (Å²) in [5, 5.41) is 2.88. The Hall–Kier alpha value is -4.07. The Kier molecular flexibility index (Phi) is 7.19. The van der Waals surface area contributed by atoms with Gasteiger partial charge in [0.05, 0.1) is 33.3 Å². The maximum Gasteiger partial charge on any atom is 0.229 e. The Balaban J connectivity index is 1.77. The summed E-state index contributed by atoms with van der Waals surface area (Å²) in [6, 6.07) is 17.5. The van der Waals surface area contributed by atoms with Crippen LogP contribution in [0.25, 0.3) is 0 Å². The molecule has 0 bridgehead atoms. The Labute approximate surface area is 203 Å². The van der Waals surface area contributed by atoms with Gasteiger partial charge >= 0.3 is 0 Å². The molecule has 0 aromatic heterocycles. The van der Waals surface area contributed by atoms with Crippen molar-refractivity contribution in [1.29, 1.82) is 0 Å². The average Bonchev–Trinajstić information content (AvgIpc) is 2.89. The predicted molar refractivity (Wildman–Crippen MR) is 131 cm³/mol. The lowest BCUT2D eigenvalue weighted by molar-refractivity contribution is -0.125. The van der Waals surface area contributed by atoms with E-state index < -0.39 is 12.0 Å². The van der Waals surface area contributed by atoms with Gasteiger partial charge in [0.2, 0.25) is 11.8 Å². The molecular weight excluding hydrogens is 451 g/mol. The smallest absolute Gasteiger partial charge is 0.229 e. The molecule has 3 aromatic rings. The van der Waals surface area contributed by atoms with E-state index >= 15 is 0 Å². The Morgan fingerprint density at radius 3 is 2.23 bits per heavy atom. The number of anilines is 2. The molecule has 0 aliphatic carbocycles. The Morgan fingerprint density at radius 1 is 0.914 bits per heavy atom. The van der Waals surface area contributed by atoms with E-state index in [2.05, 4.69) is 5.32 Å². The van der Waals surface area contributed by atoms with Crippen molar-refractivity contribution in [3.8, 4) is 17.2 Å². The number of amides is 2. The number of nitrogens with zero attached hydrogens (tertiary/aromatic N) is 1. The first-order valence-electron chi connectivity index (χ1n) is 11.2. The van der Waals surface area contributed by atoms with Crippen molar-refractivity contribution >= 4 is 23.2 Å². The summed E-state index contributed by atoms with van der Waals surface area (Å²) in [6.07, 6.45) is 0.564. The minimum Gasteiger partial charge on any atom is -0.497 e. The summed E-state index contributed by atoms with van der Waals surface area (Å²) in [4.78, 5) is 28.4. The van der Waals surface area contributed by atoms with E-state index in [1.807, 2.05) is 6.07 Å². The van der Waals surface area contributed by atoms with Crippen LogP contribution in [-0.4, -0.2) is 33.1 Å². The number of halogens is 1. The molecule has 2 atom stereocenters. The molecule has 182 valence electrons. The molecule has 1 aliphatic rings. The molecule has 0 unspecified atom stereocenters. The Bertz CT molecular complexity index is 1200. The molecule has 0 radical (unpaired) electrons. The van der Waals surface area contributed by atoms with Crippen molar-refractivity contribution in [3.05, 3.63) is 78.1 Å². The number of methoxy groups -OCH3 is 3. The van der Waals surface area contributed by atoms with E-state index in [1.165, 1.54) is 31.4 Å². The molecule has 1 fully saturated rings. The number of nitrogens with one attached hydrogen (secondary N) is 1. The highest BCUT2D eigenvalue weighted by Gasteiger charge is 2.41. The fourth-order valence-corrected chi connectivity index (χ4v) is 4.40. The lowest BCUT2D eigenvalue weighted by Crippen LogP contribution is -2.47. The van der Waals surface area contributed by atoms with Crippen LogP contribution >= 0.6 is 0 Å². The van der Waals surface area contributed by atoms with Crippen LogP contribution in [0, 0.1) is 11.7 Å². The van der Waals surface area contributed by atoms with E-state index in [0.29, 0.717) is 35.0 Å². The first kappa shape index (κ1) is 24.1. The number of piperidine rings is 1. The van der Waals surface area contributed by atoms with Gasteiger partial charge in [0.15, 0.2) is 11.5 Å². The van der Waals surface area contributed by atoms with Gasteiger partial charge in [-0.15, -0.1) is 0 Å². The van der Waals surface area contributed by atoms with Crippen molar-refractivity contribution in [3.63, 3.8) is 0 Å². The highest BCUT2D eigenvalue weighted by molar-refractivity contribution is 6.00. The van der Waals surface area contributed by atoms with Crippen LogP contribution in [0.2, 0.25) is 0 Å². The number of rotatable bonds is 7. The van der Waals surface area contributed by atoms with Gasteiger partial charge in [-0.1, -0.05) is 6.07 Å². The molecule has 35 heavy (non-hydrogen) atoms. The van der Waals surface area contributed by atoms with Gasteiger partial charge in [-0.05, 0) is 72.6 Å². The van der Waals surface area contributed by atoms with Crippen LogP contribution in [0.5, 0.6) is 17.2 Å². The molecule has 3 aromatic carbocycles. The van der Waals surface area contributed by atoms with Crippen molar-refractivity contribution in [1.82, 2.24) is 0 Å². The van der Waals surface area contributed by atoms with Gasteiger partial charge in [-0.2, -0.15) is 0 Å². The van der Waals surface area contributed by atoms with Crippen LogP contribution in [-0.2, 0) is 9.59 Å². The largest absolute Gasteiger partial charge is 0.497 e. The number of benzene rings is 3. The third-order valence-electron chi connectivity index (χ3n) is 6.15. The highest BCUT2D eigenvalue weighted by atomic mass is 19.1. The normalized spacial score (nSPS) is 17.6. The summed E-state index contributed by atoms with van der Waals surface area (Å²) in [5.41, 5.74) is 1.86. The number of carbonyl (C=O) groups is 2. The number of hydrogen-bond acceptors (Lipinski definition) is 5. The minimum atomic E-state index is -0.607. The first-order valence-corrected chi connectivity index (χ1v) is 11.2. The lowest BCUT2D eigenvalue weighted by atomic mass is 9.83. The molecule has 1 heterocycles. The summed E-state index contributed by atoms with van der Waals surface area (Å²) in [7, 11) is 4.65. The molecule has 2 amide bonds. The Morgan fingerprint density at radius 2 is 1.60 bits per heavy atom. The van der Waals surface area contributed by atoms with Crippen LogP contribution < -0.4 is 24.4 Å². The number of ether oxygens (including phenoxy) is 3. The molecule has 0 saturated carbocycles. The maximum atomic E-state index is 13.5. The predicted octanol–water partition coefficient (Wildman–Crippen LogP) is 4.97. The SMILES string of the molecule is COc1ccc(N2C(=O)CC[C@H](C(=O)Nc3ccc(F)cc3)[C@@H]2c2ccc(OC)c(OC)c2)cc1. The molecule has 1 aliphatic heterocycles. The fourth-order valence-electron chi connectivity index (χ4n) is 4.40. The van der Waals surface area contributed by atoms with E-state index in [0.717, 1.165) is 5.56 Å². The lowest BCUT2D eigenvalue weighted by Gasteiger charge is -2.41. The quantitative estimate of drug-likeness (QED) is 0.519. The van der Waals surface area contributed by atoms with Gasteiger partial charge in [0.1, 0.15) is 11.6 Å². The van der Waals surface area contributed by atoms with E-state index in [9.17, 15) is 14.0 Å². The zero-order chi connectivity index (χ0) is 24.9. The third kappa shape index (κ3) is 5.06. The molecule has 0 spiro atoms. The summed E-state index contributed by atoms with van der Waals surface area (Å²) < 4.78 is 29.5. The molecule has 1 saturated heterocycles. The second kappa shape index (κ2) is 10.5. The van der Waals surface area contributed by atoms with Crippen LogP contribution in [0.4, 0.5) is 15.8 Å². The maximum absolute atomic E-state index is 13.5. The van der Waals surface area contributed by atoms with Crippen LogP contribution in [0.1, 0.15) is 24.4 Å². The minimum absolute atomic E-state index is 0.0965.